The summed E-state index contributed by atoms with van der Waals surface area (Å²) in [4.78, 5) is 15.7. The normalized spacial score (nSPS) is 19.9. The molecule has 0 bridgehead atoms. The average Bonchev–Trinajstić information content (AvgIpc) is 3.13. The Morgan fingerprint density at radius 1 is 1.29 bits per heavy atom. The molecule has 0 aliphatic heterocycles. The standard InChI is InChI=1S/C24H29NO4S2/c1-16(10-11-19-17(2)21(29-18(3)26)12-14-24(19,4)5)13-15-31(27,28)23-25-20-8-6-7-9-22(20)30-23/h6-11,13,21H,12,14-15H2,1-5H3. The summed E-state index contributed by atoms with van der Waals surface area (Å²) in [6.07, 6.45) is 7.20. The predicted molar refractivity (Wildman–Crippen MR) is 126 cm³/mol. The molecule has 1 aliphatic rings. The van der Waals surface area contributed by atoms with Gasteiger partial charge in [0.2, 0.25) is 14.2 Å². The van der Waals surface area contributed by atoms with Gasteiger partial charge in [-0.25, -0.2) is 13.4 Å². The molecule has 2 aromatic rings. The van der Waals surface area contributed by atoms with Crippen molar-refractivity contribution in [2.24, 2.45) is 5.41 Å². The van der Waals surface area contributed by atoms with Crippen molar-refractivity contribution >= 4 is 37.4 Å². The summed E-state index contributed by atoms with van der Waals surface area (Å²) in [7, 11) is -3.49. The molecule has 0 amide bonds. The highest BCUT2D eigenvalue weighted by atomic mass is 32.2. The lowest BCUT2D eigenvalue weighted by Gasteiger charge is -2.36. The minimum atomic E-state index is -3.49. The Hall–Kier alpha value is -2.25. The molecule has 31 heavy (non-hydrogen) atoms. The van der Waals surface area contributed by atoms with E-state index in [1.54, 1.807) is 6.08 Å². The number of sulfone groups is 1. The van der Waals surface area contributed by atoms with Crippen molar-refractivity contribution in [2.75, 3.05) is 5.75 Å². The molecule has 1 aromatic carbocycles. The number of para-hydroxylation sites is 1. The Labute approximate surface area is 188 Å². The van der Waals surface area contributed by atoms with Gasteiger partial charge in [0.15, 0.2) is 0 Å². The number of rotatable bonds is 6. The van der Waals surface area contributed by atoms with E-state index in [1.165, 1.54) is 18.3 Å². The van der Waals surface area contributed by atoms with Gasteiger partial charge in [0, 0.05) is 6.92 Å². The fourth-order valence-electron chi connectivity index (χ4n) is 3.83. The number of ether oxygens (including phenoxy) is 1. The van der Waals surface area contributed by atoms with Crippen LogP contribution in [0.3, 0.4) is 0 Å². The molecule has 0 radical (unpaired) electrons. The monoisotopic (exact) mass is 459 g/mol. The van der Waals surface area contributed by atoms with E-state index in [1.807, 2.05) is 50.3 Å². The smallest absolute Gasteiger partial charge is 0.303 e. The van der Waals surface area contributed by atoms with Crippen LogP contribution in [-0.2, 0) is 19.4 Å². The van der Waals surface area contributed by atoms with E-state index in [2.05, 4.69) is 18.8 Å². The molecule has 0 saturated carbocycles. The number of carbonyl (C=O) groups is 1. The van der Waals surface area contributed by atoms with Gasteiger partial charge in [-0.1, -0.05) is 49.8 Å². The van der Waals surface area contributed by atoms with Crippen molar-refractivity contribution in [1.29, 1.82) is 0 Å². The topological polar surface area (TPSA) is 73.3 Å². The average molecular weight is 460 g/mol. The van der Waals surface area contributed by atoms with Crippen LogP contribution in [-0.4, -0.2) is 31.2 Å². The van der Waals surface area contributed by atoms with Crippen molar-refractivity contribution in [2.45, 2.75) is 57.9 Å². The molecule has 3 rings (SSSR count). The number of allylic oxidation sites excluding steroid dienone is 4. The molecule has 0 fully saturated rings. The first kappa shape index (κ1) is 23.4. The van der Waals surface area contributed by atoms with Crippen LogP contribution >= 0.6 is 11.3 Å². The van der Waals surface area contributed by atoms with Crippen LogP contribution < -0.4 is 0 Å². The number of aromatic nitrogens is 1. The van der Waals surface area contributed by atoms with Crippen LogP contribution in [0.5, 0.6) is 0 Å². The molecule has 1 heterocycles. The van der Waals surface area contributed by atoms with Crippen LogP contribution in [0.25, 0.3) is 10.2 Å². The fraction of sp³-hybridized carbons (Fsp3) is 0.417. The van der Waals surface area contributed by atoms with E-state index in [-0.39, 0.29) is 27.6 Å². The minimum Gasteiger partial charge on any atom is -0.458 e. The van der Waals surface area contributed by atoms with Crippen LogP contribution in [0, 0.1) is 5.41 Å². The number of fused-ring (bicyclic) bond motifs is 1. The minimum absolute atomic E-state index is 0.0371. The molecular formula is C24H29NO4S2. The maximum absolute atomic E-state index is 12.7. The lowest BCUT2D eigenvalue weighted by atomic mass is 9.71. The second kappa shape index (κ2) is 9.09. The fourth-order valence-corrected chi connectivity index (χ4v) is 6.37. The summed E-state index contributed by atoms with van der Waals surface area (Å²) >= 11 is 1.20. The summed E-state index contributed by atoms with van der Waals surface area (Å²) in [5.41, 5.74) is 3.71. The Morgan fingerprint density at radius 3 is 2.68 bits per heavy atom. The number of esters is 1. The lowest BCUT2D eigenvalue weighted by Crippen LogP contribution is -2.30. The zero-order chi connectivity index (χ0) is 22.8. The zero-order valence-corrected chi connectivity index (χ0v) is 20.3. The van der Waals surface area contributed by atoms with E-state index in [0.717, 1.165) is 34.3 Å². The van der Waals surface area contributed by atoms with Gasteiger partial charge in [0.1, 0.15) is 6.10 Å². The molecule has 0 saturated heterocycles. The van der Waals surface area contributed by atoms with Crippen molar-refractivity contribution in [3.05, 3.63) is 59.2 Å². The molecule has 0 N–H and O–H groups in total. The third-order valence-electron chi connectivity index (χ3n) is 5.65. The van der Waals surface area contributed by atoms with Crippen LogP contribution in [0.1, 0.15) is 47.5 Å². The quantitative estimate of drug-likeness (QED) is 0.413. The number of hydrogen-bond donors (Lipinski definition) is 0. The lowest BCUT2D eigenvalue weighted by molar-refractivity contribution is -0.145. The van der Waals surface area contributed by atoms with Gasteiger partial charge in [-0.2, -0.15) is 0 Å². The highest BCUT2D eigenvalue weighted by molar-refractivity contribution is 7.93. The summed E-state index contributed by atoms with van der Waals surface area (Å²) in [6.45, 7) is 9.68. The molecule has 5 nitrogen and oxygen atoms in total. The third-order valence-corrected chi connectivity index (χ3v) is 8.73. The molecule has 1 aliphatic carbocycles. The van der Waals surface area contributed by atoms with Gasteiger partial charge in [-0.05, 0) is 55.4 Å². The molecule has 1 aromatic heterocycles. The number of thiazole rings is 1. The van der Waals surface area contributed by atoms with Crippen molar-refractivity contribution in [3.8, 4) is 0 Å². The van der Waals surface area contributed by atoms with Crippen molar-refractivity contribution < 1.29 is 17.9 Å². The second-order valence-corrected chi connectivity index (χ2v) is 11.9. The van der Waals surface area contributed by atoms with Crippen LogP contribution in [0.15, 0.2) is 63.6 Å². The highest BCUT2D eigenvalue weighted by Crippen LogP contribution is 2.42. The molecular weight excluding hydrogens is 430 g/mol. The van der Waals surface area contributed by atoms with Gasteiger partial charge in [0.25, 0.3) is 0 Å². The third kappa shape index (κ3) is 5.52. The van der Waals surface area contributed by atoms with Crippen molar-refractivity contribution in [3.63, 3.8) is 0 Å². The Bertz CT molecular complexity index is 1150. The van der Waals surface area contributed by atoms with Gasteiger partial charge in [-0.15, -0.1) is 11.3 Å². The van der Waals surface area contributed by atoms with E-state index in [9.17, 15) is 13.2 Å². The van der Waals surface area contributed by atoms with E-state index in [0.29, 0.717) is 5.52 Å². The van der Waals surface area contributed by atoms with E-state index in [4.69, 9.17) is 4.74 Å². The van der Waals surface area contributed by atoms with E-state index >= 15 is 0 Å². The molecule has 7 heteroatoms. The SMILES string of the molecule is CC(=O)OC1CCC(C)(C)C(C=CC(C)=CCS(=O)(=O)c2nc3ccccc3s2)=C1C. The summed E-state index contributed by atoms with van der Waals surface area (Å²) in [6, 6.07) is 7.42. The summed E-state index contributed by atoms with van der Waals surface area (Å²) in [5, 5.41) is 0. The number of benzene rings is 1. The van der Waals surface area contributed by atoms with Gasteiger partial charge in [0.05, 0.1) is 16.0 Å². The summed E-state index contributed by atoms with van der Waals surface area (Å²) in [5.74, 6) is -0.371. The Kier molecular flexibility index (Phi) is 6.86. The van der Waals surface area contributed by atoms with Gasteiger partial charge in [-0.3, -0.25) is 4.79 Å². The second-order valence-electron chi connectivity index (χ2n) is 8.63. The summed E-state index contributed by atoms with van der Waals surface area (Å²) < 4.78 is 32.0. The molecule has 166 valence electrons. The maximum Gasteiger partial charge on any atom is 0.303 e. The molecule has 0 spiro atoms. The van der Waals surface area contributed by atoms with E-state index < -0.39 is 9.84 Å². The Morgan fingerprint density at radius 2 is 2.00 bits per heavy atom. The zero-order valence-electron chi connectivity index (χ0n) is 18.6. The first-order valence-corrected chi connectivity index (χ1v) is 12.8. The van der Waals surface area contributed by atoms with Gasteiger partial charge >= 0.3 is 5.97 Å². The first-order valence-electron chi connectivity index (χ1n) is 10.3. The van der Waals surface area contributed by atoms with Crippen LogP contribution in [0.2, 0.25) is 0 Å². The highest BCUT2D eigenvalue weighted by Gasteiger charge is 2.33. The maximum atomic E-state index is 12.7. The number of nitrogens with zero attached hydrogens (tertiary/aromatic N) is 1. The predicted octanol–water partition coefficient (Wildman–Crippen LogP) is 5.64. The van der Waals surface area contributed by atoms with Crippen LogP contribution in [0.4, 0.5) is 0 Å². The first-order chi connectivity index (χ1) is 14.5. The number of carbonyl (C=O) groups excluding carboxylic acids is 1. The molecule has 1 atom stereocenters. The largest absolute Gasteiger partial charge is 0.458 e. The van der Waals surface area contributed by atoms with Gasteiger partial charge < -0.3 is 4.74 Å². The van der Waals surface area contributed by atoms with Crippen molar-refractivity contribution in [1.82, 2.24) is 4.98 Å². The molecule has 1 unspecified atom stereocenters. The Balaban J connectivity index is 1.78. The number of hydrogen-bond acceptors (Lipinski definition) is 6.